The average molecular weight is 441 g/mol. The molecule has 2 rings (SSSR count). The average Bonchev–Trinajstić information content (AvgIpc) is 2.76. The van der Waals surface area contributed by atoms with Crippen LogP contribution in [0, 0.1) is 13.8 Å². The van der Waals surface area contributed by atoms with Crippen molar-refractivity contribution in [3.8, 4) is 11.5 Å². The summed E-state index contributed by atoms with van der Waals surface area (Å²) in [5.74, 6) is 0.968. The maximum Gasteiger partial charge on any atom is 0.261 e. The number of methoxy groups -OCH3 is 1. The van der Waals surface area contributed by atoms with Crippen LogP contribution < -0.4 is 14.8 Å². The molecule has 0 aliphatic carbocycles. The molecule has 0 aliphatic rings. The highest BCUT2D eigenvalue weighted by atomic mass is 16.5. The van der Waals surface area contributed by atoms with E-state index in [0.29, 0.717) is 24.5 Å². The summed E-state index contributed by atoms with van der Waals surface area (Å²) in [5.41, 5.74) is 3.03. The van der Waals surface area contributed by atoms with Crippen molar-refractivity contribution in [2.75, 3.05) is 13.7 Å². The maximum atomic E-state index is 13.3. The first-order valence-electron chi connectivity index (χ1n) is 11.2. The number of rotatable bonds is 11. The van der Waals surface area contributed by atoms with Crippen LogP contribution in [0.15, 0.2) is 42.5 Å². The molecule has 0 saturated carbocycles. The Morgan fingerprint density at radius 3 is 2.28 bits per heavy atom. The molecule has 6 heteroatoms. The second-order valence-corrected chi connectivity index (χ2v) is 8.23. The van der Waals surface area contributed by atoms with Gasteiger partial charge in [0.15, 0.2) is 6.61 Å². The van der Waals surface area contributed by atoms with Crippen LogP contribution in [0.3, 0.4) is 0 Å². The number of hydrogen-bond acceptors (Lipinski definition) is 4. The third-order valence-electron chi connectivity index (χ3n) is 5.43. The van der Waals surface area contributed by atoms with E-state index in [1.165, 1.54) is 0 Å². The number of amides is 2. The Bertz CT molecular complexity index is 892. The van der Waals surface area contributed by atoms with Gasteiger partial charge in [-0.05, 0) is 74.6 Å². The van der Waals surface area contributed by atoms with Gasteiger partial charge < -0.3 is 19.7 Å². The first-order valence-corrected chi connectivity index (χ1v) is 11.2. The smallest absolute Gasteiger partial charge is 0.261 e. The fraction of sp³-hybridized carbons (Fsp3) is 0.462. The zero-order chi connectivity index (χ0) is 23.7. The molecule has 32 heavy (non-hydrogen) atoms. The summed E-state index contributed by atoms with van der Waals surface area (Å²) in [4.78, 5) is 27.9. The lowest BCUT2D eigenvalue weighted by molar-refractivity contribution is -0.143. The highest BCUT2D eigenvalue weighted by Crippen LogP contribution is 2.19. The summed E-state index contributed by atoms with van der Waals surface area (Å²) in [6.07, 6.45) is 1.32. The Morgan fingerprint density at radius 1 is 1.00 bits per heavy atom. The van der Waals surface area contributed by atoms with Crippen LogP contribution in [0.2, 0.25) is 0 Å². The molecule has 174 valence electrons. The first-order chi connectivity index (χ1) is 15.3. The third-order valence-corrected chi connectivity index (χ3v) is 5.43. The molecular formula is C26H36N2O4. The lowest BCUT2D eigenvalue weighted by Gasteiger charge is -2.31. The van der Waals surface area contributed by atoms with Crippen LogP contribution in [0.1, 0.15) is 50.3 Å². The van der Waals surface area contributed by atoms with Crippen molar-refractivity contribution >= 4 is 11.8 Å². The van der Waals surface area contributed by atoms with E-state index < -0.39 is 6.04 Å². The minimum atomic E-state index is -0.592. The summed E-state index contributed by atoms with van der Waals surface area (Å²) in [6.45, 7) is 10.0. The Balaban J connectivity index is 2.25. The monoisotopic (exact) mass is 440 g/mol. The van der Waals surface area contributed by atoms with Gasteiger partial charge in [-0.25, -0.2) is 0 Å². The SMILES string of the molecule is CC[C@@H](C)NC(=O)[C@@H](CC)N(Cc1cccc(OC)c1)C(=O)COc1cc(C)cc(C)c1. The van der Waals surface area contributed by atoms with Gasteiger partial charge in [-0.3, -0.25) is 9.59 Å². The van der Waals surface area contributed by atoms with E-state index in [-0.39, 0.29) is 24.5 Å². The predicted octanol–water partition coefficient (Wildman–Crippen LogP) is 4.41. The van der Waals surface area contributed by atoms with E-state index >= 15 is 0 Å². The molecule has 0 radical (unpaired) electrons. The zero-order valence-electron chi connectivity index (χ0n) is 20.1. The first kappa shape index (κ1) is 25.2. The van der Waals surface area contributed by atoms with E-state index in [0.717, 1.165) is 23.1 Å². The molecule has 6 nitrogen and oxygen atoms in total. The van der Waals surface area contributed by atoms with Gasteiger partial charge >= 0.3 is 0 Å². The maximum absolute atomic E-state index is 13.3. The van der Waals surface area contributed by atoms with E-state index in [2.05, 4.69) is 11.4 Å². The topological polar surface area (TPSA) is 67.9 Å². The van der Waals surface area contributed by atoms with Gasteiger partial charge in [-0.1, -0.05) is 32.0 Å². The number of carbonyl (C=O) groups excluding carboxylic acids is 2. The van der Waals surface area contributed by atoms with Crippen molar-refractivity contribution in [2.45, 2.75) is 66.1 Å². The van der Waals surface area contributed by atoms with Crippen LogP contribution >= 0.6 is 0 Å². The molecule has 2 amide bonds. The van der Waals surface area contributed by atoms with E-state index in [9.17, 15) is 9.59 Å². The normalized spacial score (nSPS) is 12.6. The number of nitrogens with zero attached hydrogens (tertiary/aromatic N) is 1. The van der Waals surface area contributed by atoms with Gasteiger partial charge in [0.25, 0.3) is 5.91 Å². The summed E-state index contributed by atoms with van der Waals surface area (Å²) in [5, 5.41) is 3.01. The van der Waals surface area contributed by atoms with Crippen LogP contribution in [0.4, 0.5) is 0 Å². The molecule has 0 bridgehead atoms. The number of carbonyl (C=O) groups is 2. The largest absolute Gasteiger partial charge is 0.497 e. The molecule has 0 aromatic heterocycles. The second kappa shape index (κ2) is 12.1. The van der Waals surface area contributed by atoms with Crippen molar-refractivity contribution in [3.63, 3.8) is 0 Å². The summed E-state index contributed by atoms with van der Waals surface area (Å²) in [7, 11) is 1.61. The minimum Gasteiger partial charge on any atom is -0.497 e. The Kier molecular flexibility index (Phi) is 9.57. The Morgan fingerprint density at radius 2 is 1.69 bits per heavy atom. The van der Waals surface area contributed by atoms with Crippen molar-refractivity contribution in [2.24, 2.45) is 0 Å². The van der Waals surface area contributed by atoms with Crippen LogP contribution in [0.25, 0.3) is 0 Å². The van der Waals surface area contributed by atoms with Gasteiger partial charge in [0.05, 0.1) is 7.11 Å². The van der Waals surface area contributed by atoms with Gasteiger partial charge in [-0.15, -0.1) is 0 Å². The summed E-state index contributed by atoms with van der Waals surface area (Å²) in [6, 6.07) is 12.8. The van der Waals surface area contributed by atoms with Gasteiger partial charge in [0.2, 0.25) is 5.91 Å². The predicted molar refractivity (Wildman–Crippen MR) is 127 cm³/mol. The quantitative estimate of drug-likeness (QED) is 0.562. The fourth-order valence-corrected chi connectivity index (χ4v) is 3.57. The fourth-order valence-electron chi connectivity index (χ4n) is 3.57. The molecule has 0 aliphatic heterocycles. The van der Waals surface area contributed by atoms with E-state index in [4.69, 9.17) is 9.47 Å². The van der Waals surface area contributed by atoms with Crippen molar-refractivity contribution in [3.05, 3.63) is 59.2 Å². The van der Waals surface area contributed by atoms with E-state index in [1.807, 2.05) is 71.0 Å². The number of benzene rings is 2. The highest BCUT2D eigenvalue weighted by molar-refractivity contribution is 5.88. The molecule has 0 spiro atoms. The van der Waals surface area contributed by atoms with Crippen LogP contribution in [0.5, 0.6) is 11.5 Å². The van der Waals surface area contributed by atoms with Crippen LogP contribution in [-0.4, -0.2) is 42.5 Å². The molecule has 2 atom stereocenters. The molecule has 0 heterocycles. The van der Waals surface area contributed by atoms with Crippen molar-refractivity contribution in [1.82, 2.24) is 10.2 Å². The summed E-state index contributed by atoms with van der Waals surface area (Å²) < 4.78 is 11.1. The molecule has 0 unspecified atom stereocenters. The number of hydrogen-bond donors (Lipinski definition) is 1. The molecule has 0 saturated heterocycles. The standard InChI is InChI=1S/C26H36N2O4/c1-7-20(5)27-26(30)24(8-2)28(16-21-10-9-11-22(15-21)31-6)25(29)17-32-23-13-18(3)12-19(4)14-23/h9-15,20,24H,7-8,16-17H2,1-6H3,(H,27,30)/t20-,24-/m1/s1. The van der Waals surface area contributed by atoms with Gasteiger partial charge in [0.1, 0.15) is 17.5 Å². The van der Waals surface area contributed by atoms with Crippen molar-refractivity contribution in [1.29, 1.82) is 0 Å². The Hall–Kier alpha value is -3.02. The lowest BCUT2D eigenvalue weighted by atomic mass is 10.1. The molecule has 2 aromatic rings. The highest BCUT2D eigenvalue weighted by Gasteiger charge is 2.29. The van der Waals surface area contributed by atoms with E-state index in [1.54, 1.807) is 12.0 Å². The number of nitrogens with one attached hydrogen (secondary N) is 1. The zero-order valence-corrected chi connectivity index (χ0v) is 20.1. The molecule has 1 N–H and O–H groups in total. The minimum absolute atomic E-state index is 0.0387. The number of ether oxygens (including phenoxy) is 2. The van der Waals surface area contributed by atoms with Gasteiger partial charge in [-0.2, -0.15) is 0 Å². The Labute approximate surface area is 191 Å². The second-order valence-electron chi connectivity index (χ2n) is 8.23. The van der Waals surface area contributed by atoms with Crippen LogP contribution in [-0.2, 0) is 16.1 Å². The van der Waals surface area contributed by atoms with Crippen molar-refractivity contribution < 1.29 is 19.1 Å². The summed E-state index contributed by atoms with van der Waals surface area (Å²) >= 11 is 0. The van der Waals surface area contributed by atoms with Gasteiger partial charge in [0, 0.05) is 12.6 Å². The molecular weight excluding hydrogens is 404 g/mol. The lowest BCUT2D eigenvalue weighted by Crippen LogP contribution is -2.51. The third kappa shape index (κ3) is 7.29. The molecule has 2 aromatic carbocycles. The molecule has 0 fully saturated rings. The number of aryl methyl sites for hydroxylation is 2.